The van der Waals surface area contributed by atoms with Gasteiger partial charge in [0.15, 0.2) is 11.5 Å². The molecule has 0 bridgehead atoms. The van der Waals surface area contributed by atoms with Crippen molar-refractivity contribution < 1.29 is 19.4 Å². The van der Waals surface area contributed by atoms with E-state index >= 15 is 0 Å². The second kappa shape index (κ2) is 4.28. The predicted molar refractivity (Wildman–Crippen MR) is 62.7 cm³/mol. The lowest BCUT2D eigenvalue weighted by Gasteiger charge is -2.29. The standard InChI is InChI=1S/C13H16O4/c1-3-13(2,12(14)15)9-5-4-6-10-11(9)17-8-7-16-10/h4-6H,3,7-8H2,1-2H3,(H,14,15). The van der Waals surface area contributed by atoms with Crippen LogP contribution in [0.5, 0.6) is 11.5 Å². The largest absolute Gasteiger partial charge is 0.486 e. The van der Waals surface area contributed by atoms with Crippen LogP contribution in [-0.4, -0.2) is 24.3 Å². The number of fused-ring (bicyclic) bond motifs is 1. The molecule has 0 amide bonds. The van der Waals surface area contributed by atoms with E-state index in [1.807, 2.05) is 6.92 Å². The first-order chi connectivity index (χ1) is 8.09. The third kappa shape index (κ3) is 1.84. The quantitative estimate of drug-likeness (QED) is 0.874. The van der Waals surface area contributed by atoms with Gasteiger partial charge in [0, 0.05) is 5.56 Å². The third-order valence-corrected chi connectivity index (χ3v) is 3.34. The molecule has 0 fully saturated rings. The summed E-state index contributed by atoms with van der Waals surface area (Å²) in [6.45, 7) is 4.54. The molecular weight excluding hydrogens is 220 g/mol. The van der Waals surface area contributed by atoms with Crippen molar-refractivity contribution in [2.45, 2.75) is 25.7 Å². The molecule has 1 aliphatic rings. The zero-order valence-electron chi connectivity index (χ0n) is 10.0. The van der Waals surface area contributed by atoms with Gasteiger partial charge in [-0.1, -0.05) is 19.1 Å². The maximum atomic E-state index is 11.4. The molecular formula is C13H16O4. The molecule has 1 aromatic rings. The van der Waals surface area contributed by atoms with E-state index in [9.17, 15) is 9.90 Å². The van der Waals surface area contributed by atoms with Gasteiger partial charge >= 0.3 is 5.97 Å². The number of rotatable bonds is 3. The van der Waals surface area contributed by atoms with Gasteiger partial charge in [-0.25, -0.2) is 0 Å². The molecule has 0 saturated heterocycles. The molecule has 0 aliphatic carbocycles. The number of carbonyl (C=O) groups is 1. The van der Waals surface area contributed by atoms with Gasteiger partial charge in [-0.15, -0.1) is 0 Å². The van der Waals surface area contributed by atoms with Crippen molar-refractivity contribution in [2.75, 3.05) is 13.2 Å². The van der Waals surface area contributed by atoms with Crippen LogP contribution in [0.1, 0.15) is 25.8 Å². The number of hydrogen-bond acceptors (Lipinski definition) is 3. The Balaban J connectivity index is 2.55. The number of aliphatic carboxylic acids is 1. The maximum absolute atomic E-state index is 11.4. The summed E-state index contributed by atoms with van der Waals surface area (Å²) in [6.07, 6.45) is 0.502. The van der Waals surface area contributed by atoms with Crippen LogP contribution in [0.3, 0.4) is 0 Å². The third-order valence-electron chi connectivity index (χ3n) is 3.34. The molecule has 0 saturated carbocycles. The zero-order valence-corrected chi connectivity index (χ0v) is 10.0. The highest BCUT2D eigenvalue weighted by Gasteiger charge is 2.37. The zero-order chi connectivity index (χ0) is 12.5. The Kier molecular flexibility index (Phi) is 2.96. The molecule has 1 N–H and O–H groups in total. The lowest BCUT2D eigenvalue weighted by Crippen LogP contribution is -2.33. The van der Waals surface area contributed by atoms with Crippen LogP contribution >= 0.6 is 0 Å². The summed E-state index contributed by atoms with van der Waals surface area (Å²) in [4.78, 5) is 11.4. The average Bonchev–Trinajstić information content (AvgIpc) is 2.37. The van der Waals surface area contributed by atoms with Gasteiger partial charge in [0.1, 0.15) is 13.2 Å². The fraction of sp³-hybridized carbons (Fsp3) is 0.462. The lowest BCUT2D eigenvalue weighted by atomic mass is 9.79. The molecule has 1 aromatic carbocycles. The van der Waals surface area contributed by atoms with Crippen molar-refractivity contribution in [3.63, 3.8) is 0 Å². The van der Waals surface area contributed by atoms with Gasteiger partial charge in [0.25, 0.3) is 0 Å². The molecule has 0 radical (unpaired) electrons. The molecule has 1 aliphatic heterocycles. The number of hydrogen-bond donors (Lipinski definition) is 1. The molecule has 1 heterocycles. The first-order valence-electron chi connectivity index (χ1n) is 5.72. The van der Waals surface area contributed by atoms with Gasteiger partial charge < -0.3 is 14.6 Å². The van der Waals surface area contributed by atoms with Crippen LogP contribution in [0, 0.1) is 0 Å². The van der Waals surface area contributed by atoms with E-state index in [4.69, 9.17) is 9.47 Å². The van der Waals surface area contributed by atoms with Crippen LogP contribution < -0.4 is 9.47 Å². The summed E-state index contributed by atoms with van der Waals surface area (Å²) in [7, 11) is 0. The second-order valence-electron chi connectivity index (χ2n) is 4.32. The topological polar surface area (TPSA) is 55.8 Å². The molecule has 4 nitrogen and oxygen atoms in total. The minimum Gasteiger partial charge on any atom is -0.486 e. The summed E-state index contributed by atoms with van der Waals surface area (Å²) in [5.74, 6) is 0.364. The normalized spacial score (nSPS) is 17.3. The first-order valence-corrected chi connectivity index (χ1v) is 5.72. The van der Waals surface area contributed by atoms with Crippen LogP contribution in [0.25, 0.3) is 0 Å². The Bertz CT molecular complexity index is 441. The Morgan fingerprint density at radius 1 is 1.41 bits per heavy atom. The van der Waals surface area contributed by atoms with E-state index in [-0.39, 0.29) is 0 Å². The summed E-state index contributed by atoms with van der Waals surface area (Å²) in [6, 6.07) is 5.40. The Morgan fingerprint density at radius 2 is 2.12 bits per heavy atom. The van der Waals surface area contributed by atoms with Gasteiger partial charge in [-0.05, 0) is 19.4 Å². The Hall–Kier alpha value is -1.71. The second-order valence-corrected chi connectivity index (χ2v) is 4.32. The van der Waals surface area contributed by atoms with Crippen molar-refractivity contribution in [3.05, 3.63) is 23.8 Å². The van der Waals surface area contributed by atoms with Crippen LogP contribution in [0.4, 0.5) is 0 Å². The van der Waals surface area contributed by atoms with Gasteiger partial charge in [0.05, 0.1) is 5.41 Å². The summed E-state index contributed by atoms with van der Waals surface area (Å²) < 4.78 is 11.0. The lowest BCUT2D eigenvalue weighted by molar-refractivity contribution is -0.143. The molecule has 92 valence electrons. The predicted octanol–water partition coefficient (Wildman–Crippen LogP) is 2.21. The Morgan fingerprint density at radius 3 is 2.76 bits per heavy atom. The highest BCUT2D eigenvalue weighted by molar-refractivity contribution is 5.82. The van der Waals surface area contributed by atoms with E-state index in [1.54, 1.807) is 25.1 Å². The maximum Gasteiger partial charge on any atom is 0.313 e. The number of para-hydroxylation sites is 1. The molecule has 2 rings (SSSR count). The highest BCUT2D eigenvalue weighted by Crippen LogP contribution is 2.41. The van der Waals surface area contributed by atoms with Crippen molar-refractivity contribution in [3.8, 4) is 11.5 Å². The number of carboxylic acid groups (broad SMARTS) is 1. The minimum absolute atomic E-state index is 0.462. The van der Waals surface area contributed by atoms with E-state index in [0.717, 1.165) is 0 Å². The molecule has 1 unspecified atom stereocenters. The van der Waals surface area contributed by atoms with E-state index in [1.165, 1.54) is 0 Å². The first kappa shape index (κ1) is 11.8. The van der Waals surface area contributed by atoms with Crippen LogP contribution in [0.15, 0.2) is 18.2 Å². The van der Waals surface area contributed by atoms with Crippen molar-refractivity contribution >= 4 is 5.97 Å². The van der Waals surface area contributed by atoms with Crippen molar-refractivity contribution in [2.24, 2.45) is 0 Å². The number of benzene rings is 1. The fourth-order valence-electron chi connectivity index (χ4n) is 1.97. The van der Waals surface area contributed by atoms with Gasteiger partial charge in [-0.2, -0.15) is 0 Å². The molecule has 4 heteroatoms. The van der Waals surface area contributed by atoms with Crippen molar-refractivity contribution in [1.29, 1.82) is 0 Å². The monoisotopic (exact) mass is 236 g/mol. The summed E-state index contributed by atoms with van der Waals surface area (Å²) >= 11 is 0. The summed E-state index contributed by atoms with van der Waals surface area (Å²) in [5.41, 5.74) is -0.254. The smallest absolute Gasteiger partial charge is 0.313 e. The van der Waals surface area contributed by atoms with Gasteiger partial charge in [0.2, 0.25) is 0 Å². The summed E-state index contributed by atoms with van der Waals surface area (Å²) in [5, 5.41) is 9.39. The number of carboxylic acids is 1. The van der Waals surface area contributed by atoms with Gasteiger partial charge in [-0.3, -0.25) is 4.79 Å². The van der Waals surface area contributed by atoms with Crippen LogP contribution in [0.2, 0.25) is 0 Å². The number of ether oxygens (including phenoxy) is 2. The Labute approximate surface area is 100 Å². The fourth-order valence-corrected chi connectivity index (χ4v) is 1.97. The van der Waals surface area contributed by atoms with Crippen molar-refractivity contribution in [1.82, 2.24) is 0 Å². The van der Waals surface area contributed by atoms with E-state index < -0.39 is 11.4 Å². The average molecular weight is 236 g/mol. The van der Waals surface area contributed by atoms with E-state index in [0.29, 0.717) is 36.7 Å². The SMILES string of the molecule is CCC(C)(C(=O)O)c1cccc2c1OCCO2. The molecule has 17 heavy (non-hydrogen) atoms. The van der Waals surface area contributed by atoms with E-state index in [2.05, 4.69) is 0 Å². The molecule has 0 spiro atoms. The molecule has 0 aromatic heterocycles. The van der Waals surface area contributed by atoms with Crippen LogP contribution in [-0.2, 0) is 10.2 Å². The highest BCUT2D eigenvalue weighted by atomic mass is 16.6. The minimum atomic E-state index is -0.938. The molecule has 1 atom stereocenters.